The zero-order valence-corrected chi connectivity index (χ0v) is 13.2. The summed E-state index contributed by atoms with van der Waals surface area (Å²) >= 11 is 0. The van der Waals surface area contributed by atoms with Crippen LogP contribution >= 0.6 is 0 Å². The number of rotatable bonds is 5. The second kappa shape index (κ2) is 7.41. The van der Waals surface area contributed by atoms with E-state index in [0.717, 1.165) is 44.7 Å². The maximum Gasteiger partial charge on any atom is 0.222 e. The lowest BCUT2D eigenvalue weighted by atomic mass is 9.84. The van der Waals surface area contributed by atoms with Gasteiger partial charge in [-0.1, -0.05) is 0 Å². The van der Waals surface area contributed by atoms with Crippen LogP contribution in [0.2, 0.25) is 0 Å². The molecule has 2 aliphatic rings. The monoisotopic (exact) mass is 281 g/mol. The van der Waals surface area contributed by atoms with Crippen molar-refractivity contribution in [2.75, 3.05) is 33.7 Å². The van der Waals surface area contributed by atoms with Crippen molar-refractivity contribution in [1.82, 2.24) is 9.80 Å². The number of hydrogen-bond acceptors (Lipinski definition) is 3. The van der Waals surface area contributed by atoms with Crippen LogP contribution in [0.3, 0.4) is 0 Å². The first-order valence-electron chi connectivity index (χ1n) is 8.22. The molecule has 1 amide bonds. The van der Waals surface area contributed by atoms with E-state index in [1.54, 1.807) is 0 Å². The van der Waals surface area contributed by atoms with E-state index < -0.39 is 0 Å². The second-order valence-corrected chi connectivity index (χ2v) is 7.01. The number of nitrogens with two attached hydrogens (primary N) is 1. The molecule has 1 unspecified atom stereocenters. The molecule has 0 spiro atoms. The van der Waals surface area contributed by atoms with Gasteiger partial charge in [-0.25, -0.2) is 0 Å². The van der Waals surface area contributed by atoms with Crippen molar-refractivity contribution in [3.8, 4) is 0 Å². The van der Waals surface area contributed by atoms with Gasteiger partial charge in [-0.2, -0.15) is 0 Å². The summed E-state index contributed by atoms with van der Waals surface area (Å²) in [6, 6.07) is 0.406. The molecule has 0 aromatic rings. The average Bonchev–Trinajstić information content (AvgIpc) is 2.83. The van der Waals surface area contributed by atoms with Crippen molar-refractivity contribution in [2.24, 2.45) is 17.6 Å². The summed E-state index contributed by atoms with van der Waals surface area (Å²) in [6.07, 6.45) is 7.72. The van der Waals surface area contributed by atoms with E-state index in [0.29, 0.717) is 17.9 Å². The summed E-state index contributed by atoms with van der Waals surface area (Å²) in [6.45, 7) is 3.24. The fraction of sp³-hybridized carbons (Fsp3) is 0.938. The Hall–Kier alpha value is -0.610. The van der Waals surface area contributed by atoms with Crippen LogP contribution in [0.1, 0.15) is 44.9 Å². The van der Waals surface area contributed by atoms with Gasteiger partial charge >= 0.3 is 0 Å². The molecule has 0 aromatic carbocycles. The molecule has 0 bridgehead atoms. The fourth-order valence-electron chi connectivity index (χ4n) is 3.66. The number of nitrogens with zero attached hydrogens (tertiary/aromatic N) is 2. The normalized spacial score (nSPS) is 31.4. The Kier molecular flexibility index (Phi) is 5.85. The first kappa shape index (κ1) is 15.8. The Labute approximate surface area is 123 Å². The van der Waals surface area contributed by atoms with E-state index in [-0.39, 0.29) is 0 Å². The minimum Gasteiger partial charge on any atom is -0.345 e. The standard InChI is InChI=1S/C16H31N3O/c1-18-10-9-14(11-18)12-19(2)16(20)8-5-13-3-6-15(17)7-4-13/h13-15H,3-12,17H2,1-2H3. The van der Waals surface area contributed by atoms with Crippen LogP contribution in [0, 0.1) is 11.8 Å². The Balaban J connectivity index is 1.63. The third-order valence-electron chi connectivity index (χ3n) is 5.10. The summed E-state index contributed by atoms with van der Waals surface area (Å²) in [4.78, 5) is 16.5. The summed E-state index contributed by atoms with van der Waals surface area (Å²) in [5.74, 6) is 1.72. The zero-order chi connectivity index (χ0) is 14.5. The molecule has 2 N–H and O–H groups in total. The minimum atomic E-state index is 0.328. The van der Waals surface area contributed by atoms with Crippen LogP contribution in [-0.2, 0) is 4.79 Å². The molecule has 0 radical (unpaired) electrons. The maximum absolute atomic E-state index is 12.2. The molecule has 1 heterocycles. The molecule has 1 saturated carbocycles. The largest absolute Gasteiger partial charge is 0.345 e. The van der Waals surface area contributed by atoms with E-state index in [1.165, 1.54) is 25.8 Å². The summed E-state index contributed by atoms with van der Waals surface area (Å²) in [7, 11) is 4.13. The lowest BCUT2D eigenvalue weighted by molar-refractivity contribution is -0.130. The average molecular weight is 281 g/mol. The van der Waals surface area contributed by atoms with Crippen molar-refractivity contribution in [3.05, 3.63) is 0 Å². The molecule has 2 rings (SSSR count). The lowest BCUT2D eigenvalue weighted by Gasteiger charge is -2.27. The molecule has 1 aliphatic heterocycles. The smallest absolute Gasteiger partial charge is 0.222 e. The van der Waals surface area contributed by atoms with Crippen LogP contribution in [0.15, 0.2) is 0 Å². The van der Waals surface area contributed by atoms with Crippen LogP contribution in [-0.4, -0.2) is 55.5 Å². The Morgan fingerprint density at radius 3 is 2.50 bits per heavy atom. The van der Waals surface area contributed by atoms with Gasteiger partial charge in [0.2, 0.25) is 5.91 Å². The van der Waals surface area contributed by atoms with Gasteiger partial charge in [0, 0.05) is 32.6 Å². The van der Waals surface area contributed by atoms with E-state index in [4.69, 9.17) is 5.73 Å². The molecule has 1 aliphatic carbocycles. The summed E-state index contributed by atoms with van der Waals surface area (Å²) in [5, 5.41) is 0. The molecule has 1 saturated heterocycles. The van der Waals surface area contributed by atoms with E-state index >= 15 is 0 Å². The van der Waals surface area contributed by atoms with Gasteiger partial charge in [0.15, 0.2) is 0 Å². The van der Waals surface area contributed by atoms with E-state index in [9.17, 15) is 4.79 Å². The van der Waals surface area contributed by atoms with Gasteiger partial charge in [0.1, 0.15) is 0 Å². The highest BCUT2D eigenvalue weighted by Crippen LogP contribution is 2.27. The number of hydrogen-bond donors (Lipinski definition) is 1. The first-order valence-corrected chi connectivity index (χ1v) is 8.22. The third kappa shape index (κ3) is 4.74. The minimum absolute atomic E-state index is 0.328. The fourth-order valence-corrected chi connectivity index (χ4v) is 3.66. The van der Waals surface area contributed by atoms with Crippen molar-refractivity contribution in [3.63, 3.8) is 0 Å². The molecule has 1 atom stereocenters. The van der Waals surface area contributed by atoms with Crippen molar-refractivity contribution in [1.29, 1.82) is 0 Å². The highest BCUT2D eigenvalue weighted by atomic mass is 16.2. The van der Waals surface area contributed by atoms with Gasteiger partial charge in [-0.15, -0.1) is 0 Å². The molecule has 2 fully saturated rings. The molecule has 4 nitrogen and oxygen atoms in total. The Morgan fingerprint density at radius 2 is 1.90 bits per heavy atom. The molecular formula is C16H31N3O. The Bertz CT molecular complexity index is 313. The third-order valence-corrected chi connectivity index (χ3v) is 5.10. The van der Waals surface area contributed by atoms with Gasteiger partial charge in [-0.3, -0.25) is 4.79 Å². The first-order chi connectivity index (χ1) is 9.54. The lowest BCUT2D eigenvalue weighted by Crippen LogP contribution is -2.33. The van der Waals surface area contributed by atoms with Crippen LogP contribution in [0.5, 0.6) is 0 Å². The quantitative estimate of drug-likeness (QED) is 0.834. The summed E-state index contributed by atoms with van der Waals surface area (Å²) in [5.41, 5.74) is 5.92. The van der Waals surface area contributed by atoms with E-state index in [2.05, 4.69) is 11.9 Å². The SMILES string of the molecule is CN1CCC(CN(C)C(=O)CCC2CCC(N)CC2)C1. The number of likely N-dealkylation sites (tertiary alicyclic amines) is 1. The maximum atomic E-state index is 12.2. The predicted molar refractivity (Wildman–Crippen MR) is 82.4 cm³/mol. The highest BCUT2D eigenvalue weighted by Gasteiger charge is 2.23. The summed E-state index contributed by atoms with van der Waals surface area (Å²) < 4.78 is 0. The van der Waals surface area contributed by atoms with Crippen molar-refractivity contribution in [2.45, 2.75) is 51.0 Å². The molecule has 116 valence electrons. The second-order valence-electron chi connectivity index (χ2n) is 7.01. The number of carbonyl (C=O) groups excluding carboxylic acids is 1. The van der Waals surface area contributed by atoms with Crippen molar-refractivity contribution < 1.29 is 4.79 Å². The molecule has 20 heavy (non-hydrogen) atoms. The van der Waals surface area contributed by atoms with Gasteiger partial charge in [0.25, 0.3) is 0 Å². The highest BCUT2D eigenvalue weighted by molar-refractivity contribution is 5.75. The number of amides is 1. The van der Waals surface area contributed by atoms with Gasteiger partial charge < -0.3 is 15.5 Å². The topological polar surface area (TPSA) is 49.6 Å². The number of carbonyl (C=O) groups is 1. The van der Waals surface area contributed by atoms with Crippen molar-refractivity contribution >= 4 is 5.91 Å². The van der Waals surface area contributed by atoms with Crippen LogP contribution in [0.4, 0.5) is 0 Å². The van der Waals surface area contributed by atoms with Gasteiger partial charge in [-0.05, 0) is 64.0 Å². The van der Waals surface area contributed by atoms with Crippen LogP contribution in [0.25, 0.3) is 0 Å². The van der Waals surface area contributed by atoms with Crippen LogP contribution < -0.4 is 5.73 Å². The predicted octanol–water partition coefficient (Wildman–Crippen LogP) is 1.69. The van der Waals surface area contributed by atoms with Gasteiger partial charge in [0.05, 0.1) is 0 Å². The van der Waals surface area contributed by atoms with E-state index in [1.807, 2.05) is 11.9 Å². The molecule has 4 heteroatoms. The molecule has 0 aromatic heterocycles. The Morgan fingerprint density at radius 1 is 1.20 bits per heavy atom. The zero-order valence-electron chi connectivity index (χ0n) is 13.2. The molecular weight excluding hydrogens is 250 g/mol.